The Kier molecular flexibility index (Phi) is 6.37. The van der Waals surface area contributed by atoms with Crippen LogP contribution in [-0.2, 0) is 0 Å². The van der Waals surface area contributed by atoms with Gasteiger partial charge in [0, 0.05) is 19.7 Å². The van der Waals surface area contributed by atoms with E-state index in [1.165, 1.54) is 5.56 Å². The summed E-state index contributed by atoms with van der Waals surface area (Å²) in [6, 6.07) is 10.6. The molecule has 0 spiro atoms. The highest BCUT2D eigenvalue weighted by molar-refractivity contribution is 5.18. The lowest BCUT2D eigenvalue weighted by Gasteiger charge is -2.25. The van der Waals surface area contributed by atoms with E-state index in [1.807, 2.05) is 0 Å². The zero-order valence-corrected chi connectivity index (χ0v) is 11.9. The Morgan fingerprint density at radius 1 is 1.22 bits per heavy atom. The van der Waals surface area contributed by atoms with Gasteiger partial charge in [0.05, 0.1) is 0 Å². The molecule has 0 saturated carbocycles. The minimum Gasteiger partial charge on any atom is -0.396 e. The quantitative estimate of drug-likeness (QED) is 0.741. The normalized spacial score (nSPS) is 13.6. The molecule has 0 radical (unpaired) electrons. The minimum atomic E-state index is 0.263. The van der Waals surface area contributed by atoms with Gasteiger partial charge in [0.25, 0.3) is 0 Å². The number of hydrogen-bond acceptors (Lipinski definition) is 2. The molecule has 0 aliphatic heterocycles. The van der Waals surface area contributed by atoms with Crippen LogP contribution >= 0.6 is 0 Å². The molecule has 0 saturated heterocycles. The Balaban J connectivity index is 2.29. The molecule has 2 N–H and O–H groups in total. The van der Waals surface area contributed by atoms with Crippen LogP contribution in [0.3, 0.4) is 0 Å². The van der Waals surface area contributed by atoms with Gasteiger partial charge in [-0.15, -0.1) is 0 Å². The van der Waals surface area contributed by atoms with Crippen molar-refractivity contribution in [2.24, 2.45) is 5.41 Å². The predicted molar refractivity (Wildman–Crippen MR) is 77.8 cm³/mol. The lowest BCUT2D eigenvalue weighted by Crippen LogP contribution is -2.32. The third-order valence-electron chi connectivity index (χ3n) is 3.43. The zero-order valence-electron chi connectivity index (χ0n) is 11.9. The van der Waals surface area contributed by atoms with Crippen molar-refractivity contribution in [2.75, 3.05) is 19.7 Å². The first-order chi connectivity index (χ1) is 8.55. The van der Waals surface area contributed by atoms with E-state index in [2.05, 4.69) is 56.4 Å². The molecule has 1 aromatic carbocycles. The van der Waals surface area contributed by atoms with Crippen molar-refractivity contribution in [3.63, 3.8) is 0 Å². The molecule has 1 rings (SSSR count). The Labute approximate surface area is 111 Å². The van der Waals surface area contributed by atoms with Crippen LogP contribution in [0, 0.1) is 5.41 Å². The molecular weight excluding hydrogens is 222 g/mol. The molecule has 2 nitrogen and oxygen atoms in total. The second-order valence-corrected chi connectivity index (χ2v) is 5.93. The van der Waals surface area contributed by atoms with Gasteiger partial charge in [-0.1, -0.05) is 51.1 Å². The van der Waals surface area contributed by atoms with Crippen molar-refractivity contribution in [3.8, 4) is 0 Å². The molecule has 0 aliphatic carbocycles. The van der Waals surface area contributed by atoms with E-state index in [0.29, 0.717) is 12.5 Å². The Bertz CT molecular complexity index is 321. The Morgan fingerprint density at radius 2 is 1.89 bits per heavy atom. The van der Waals surface area contributed by atoms with Crippen LogP contribution in [0.25, 0.3) is 0 Å². The molecule has 0 bridgehead atoms. The van der Waals surface area contributed by atoms with Crippen LogP contribution in [0.1, 0.15) is 45.1 Å². The van der Waals surface area contributed by atoms with Gasteiger partial charge >= 0.3 is 0 Å². The first-order valence-corrected chi connectivity index (χ1v) is 6.92. The predicted octanol–water partition coefficient (Wildman–Crippen LogP) is 3.18. The molecule has 1 atom stereocenters. The lowest BCUT2D eigenvalue weighted by atomic mass is 9.87. The molecule has 0 aliphatic rings. The summed E-state index contributed by atoms with van der Waals surface area (Å²) in [6.07, 6.45) is 1.96. The van der Waals surface area contributed by atoms with Gasteiger partial charge in [0.1, 0.15) is 0 Å². The van der Waals surface area contributed by atoms with Crippen LogP contribution in [0.15, 0.2) is 30.3 Å². The van der Waals surface area contributed by atoms with E-state index in [4.69, 9.17) is 5.11 Å². The fourth-order valence-corrected chi connectivity index (χ4v) is 2.17. The number of aliphatic hydroxyl groups is 1. The zero-order chi connectivity index (χ0) is 13.4. The average Bonchev–Trinajstić information content (AvgIpc) is 2.37. The van der Waals surface area contributed by atoms with E-state index in [1.54, 1.807) is 0 Å². The molecule has 102 valence electrons. The molecular formula is C16H27NO. The third-order valence-corrected chi connectivity index (χ3v) is 3.43. The van der Waals surface area contributed by atoms with Crippen LogP contribution in [0.4, 0.5) is 0 Å². The number of benzene rings is 1. The van der Waals surface area contributed by atoms with Gasteiger partial charge in [-0.3, -0.25) is 0 Å². The highest BCUT2D eigenvalue weighted by Crippen LogP contribution is 2.21. The van der Waals surface area contributed by atoms with Crippen molar-refractivity contribution < 1.29 is 5.11 Å². The summed E-state index contributed by atoms with van der Waals surface area (Å²) < 4.78 is 0. The smallest absolute Gasteiger partial charge is 0.0431 e. The summed E-state index contributed by atoms with van der Waals surface area (Å²) in [5, 5.41) is 12.4. The molecule has 0 heterocycles. The summed E-state index contributed by atoms with van der Waals surface area (Å²) in [4.78, 5) is 0. The minimum absolute atomic E-state index is 0.263. The molecule has 18 heavy (non-hydrogen) atoms. The summed E-state index contributed by atoms with van der Waals surface area (Å²) in [5.74, 6) is 0.542. The standard InChI is InChI=1S/C16H27NO/c1-14(15-8-5-4-6-9-15)12-17-13-16(2,3)10-7-11-18/h4-6,8-9,14,17-18H,7,10-13H2,1-3H3. The number of nitrogens with one attached hydrogen (secondary N) is 1. The van der Waals surface area contributed by atoms with Crippen LogP contribution in [-0.4, -0.2) is 24.8 Å². The topological polar surface area (TPSA) is 32.3 Å². The second kappa shape index (κ2) is 7.55. The molecule has 2 heteroatoms. The van der Waals surface area contributed by atoms with E-state index in [0.717, 1.165) is 25.9 Å². The Morgan fingerprint density at radius 3 is 2.50 bits per heavy atom. The summed E-state index contributed by atoms with van der Waals surface area (Å²) >= 11 is 0. The SMILES string of the molecule is CC(CNCC(C)(C)CCCO)c1ccccc1. The van der Waals surface area contributed by atoms with Crippen LogP contribution in [0.5, 0.6) is 0 Å². The number of aliphatic hydroxyl groups excluding tert-OH is 1. The first kappa shape index (κ1) is 15.2. The van der Waals surface area contributed by atoms with E-state index in [9.17, 15) is 0 Å². The average molecular weight is 249 g/mol. The lowest BCUT2D eigenvalue weighted by molar-refractivity contribution is 0.236. The fraction of sp³-hybridized carbons (Fsp3) is 0.625. The van der Waals surface area contributed by atoms with Crippen molar-refractivity contribution in [1.82, 2.24) is 5.32 Å². The van der Waals surface area contributed by atoms with Crippen LogP contribution in [0.2, 0.25) is 0 Å². The first-order valence-electron chi connectivity index (χ1n) is 6.92. The van der Waals surface area contributed by atoms with E-state index in [-0.39, 0.29) is 5.41 Å². The molecule has 0 aromatic heterocycles. The fourth-order valence-electron chi connectivity index (χ4n) is 2.17. The van der Waals surface area contributed by atoms with Crippen molar-refractivity contribution in [3.05, 3.63) is 35.9 Å². The van der Waals surface area contributed by atoms with Crippen molar-refractivity contribution in [2.45, 2.75) is 39.5 Å². The highest BCUT2D eigenvalue weighted by Gasteiger charge is 2.17. The maximum atomic E-state index is 8.87. The van der Waals surface area contributed by atoms with Crippen molar-refractivity contribution in [1.29, 1.82) is 0 Å². The highest BCUT2D eigenvalue weighted by atomic mass is 16.2. The third kappa shape index (κ3) is 5.65. The molecule has 0 fully saturated rings. The second-order valence-electron chi connectivity index (χ2n) is 5.93. The van der Waals surface area contributed by atoms with E-state index < -0.39 is 0 Å². The van der Waals surface area contributed by atoms with Crippen molar-refractivity contribution >= 4 is 0 Å². The van der Waals surface area contributed by atoms with Gasteiger partial charge < -0.3 is 10.4 Å². The summed E-state index contributed by atoms with van der Waals surface area (Å²) in [6.45, 7) is 9.06. The maximum Gasteiger partial charge on any atom is 0.0431 e. The molecule has 1 aromatic rings. The number of rotatable bonds is 8. The summed E-state index contributed by atoms with van der Waals surface area (Å²) in [7, 11) is 0. The van der Waals surface area contributed by atoms with E-state index >= 15 is 0 Å². The van der Waals surface area contributed by atoms with Gasteiger partial charge in [-0.05, 0) is 29.7 Å². The monoisotopic (exact) mass is 249 g/mol. The Hall–Kier alpha value is -0.860. The molecule has 1 unspecified atom stereocenters. The number of hydrogen-bond donors (Lipinski definition) is 2. The van der Waals surface area contributed by atoms with Crippen LogP contribution < -0.4 is 5.32 Å². The molecule has 0 amide bonds. The maximum absolute atomic E-state index is 8.87. The van der Waals surface area contributed by atoms with Gasteiger partial charge in [-0.25, -0.2) is 0 Å². The van der Waals surface area contributed by atoms with Gasteiger partial charge in [0.15, 0.2) is 0 Å². The summed E-state index contributed by atoms with van der Waals surface area (Å²) in [5.41, 5.74) is 1.65. The van der Waals surface area contributed by atoms with Gasteiger partial charge in [0.2, 0.25) is 0 Å². The largest absolute Gasteiger partial charge is 0.396 e. The van der Waals surface area contributed by atoms with Gasteiger partial charge in [-0.2, -0.15) is 0 Å².